The minimum atomic E-state index is -0.878. The molecule has 1 heterocycles. The van der Waals surface area contributed by atoms with Gasteiger partial charge in [-0.1, -0.05) is 24.3 Å². The number of carbonyl (C=O) groups excluding carboxylic acids is 3. The number of hydrogen-bond acceptors (Lipinski definition) is 6. The fourth-order valence-corrected chi connectivity index (χ4v) is 3.44. The molecule has 0 aliphatic rings. The Hall–Kier alpha value is -4.66. The molecule has 0 saturated carbocycles. The van der Waals surface area contributed by atoms with Crippen LogP contribution in [0.3, 0.4) is 0 Å². The van der Waals surface area contributed by atoms with E-state index < -0.39 is 24.3 Å². The van der Waals surface area contributed by atoms with E-state index in [1.165, 1.54) is 19.2 Å². The van der Waals surface area contributed by atoms with Gasteiger partial charge in [0.25, 0.3) is 11.8 Å². The first kappa shape index (κ1) is 23.5. The lowest BCUT2D eigenvalue weighted by molar-refractivity contribution is -0.119. The van der Waals surface area contributed by atoms with Gasteiger partial charge in [-0.25, -0.2) is 9.18 Å². The van der Waals surface area contributed by atoms with Crippen LogP contribution in [0.1, 0.15) is 26.5 Å². The van der Waals surface area contributed by atoms with Gasteiger partial charge in [0.2, 0.25) is 5.76 Å². The van der Waals surface area contributed by atoms with Gasteiger partial charge in [0.05, 0.1) is 12.8 Å². The van der Waals surface area contributed by atoms with Gasteiger partial charge in [-0.05, 0) is 49.4 Å². The van der Waals surface area contributed by atoms with E-state index >= 15 is 0 Å². The van der Waals surface area contributed by atoms with Crippen molar-refractivity contribution in [2.24, 2.45) is 0 Å². The van der Waals surface area contributed by atoms with E-state index in [4.69, 9.17) is 13.9 Å². The fourth-order valence-electron chi connectivity index (χ4n) is 3.44. The average Bonchev–Trinajstić information content (AvgIpc) is 3.21. The predicted molar refractivity (Wildman–Crippen MR) is 127 cm³/mol. The molecule has 178 valence electrons. The summed E-state index contributed by atoms with van der Waals surface area (Å²) in [5.74, 6) is -2.05. The summed E-state index contributed by atoms with van der Waals surface area (Å²) in [4.78, 5) is 37.1. The first-order valence-corrected chi connectivity index (χ1v) is 10.6. The lowest BCUT2D eigenvalue weighted by atomic mass is 10.1. The number of anilines is 2. The molecule has 0 radical (unpaired) electrons. The Morgan fingerprint density at radius 3 is 2.40 bits per heavy atom. The van der Waals surface area contributed by atoms with E-state index in [1.54, 1.807) is 61.5 Å². The molecule has 0 atom stereocenters. The molecule has 3 aromatic carbocycles. The fraction of sp³-hybridized carbons (Fsp3) is 0.115. The maximum absolute atomic E-state index is 13.9. The quantitative estimate of drug-likeness (QED) is 0.366. The first-order chi connectivity index (χ1) is 16.9. The highest BCUT2D eigenvalue weighted by atomic mass is 19.1. The Balaban J connectivity index is 1.33. The Bertz CT molecular complexity index is 1410. The Labute approximate surface area is 199 Å². The van der Waals surface area contributed by atoms with Crippen molar-refractivity contribution in [1.29, 1.82) is 0 Å². The topological polar surface area (TPSA) is 107 Å². The maximum atomic E-state index is 13.9. The van der Waals surface area contributed by atoms with Crippen molar-refractivity contribution < 1.29 is 32.7 Å². The molecule has 4 rings (SSSR count). The Morgan fingerprint density at radius 1 is 0.943 bits per heavy atom. The second-order valence-corrected chi connectivity index (χ2v) is 7.53. The third kappa shape index (κ3) is 5.14. The number of rotatable bonds is 7. The van der Waals surface area contributed by atoms with Crippen LogP contribution >= 0.6 is 0 Å². The molecule has 9 heteroatoms. The molecule has 4 aromatic rings. The summed E-state index contributed by atoms with van der Waals surface area (Å²) in [5.41, 5.74) is 1.68. The lowest BCUT2D eigenvalue weighted by Gasteiger charge is -2.10. The zero-order chi connectivity index (χ0) is 24.9. The van der Waals surface area contributed by atoms with E-state index in [9.17, 15) is 18.8 Å². The van der Waals surface area contributed by atoms with Gasteiger partial charge in [-0.15, -0.1) is 0 Å². The van der Waals surface area contributed by atoms with Gasteiger partial charge in [-0.3, -0.25) is 9.59 Å². The lowest BCUT2D eigenvalue weighted by Crippen LogP contribution is -2.21. The van der Waals surface area contributed by atoms with Gasteiger partial charge in [0.1, 0.15) is 5.75 Å². The third-order valence-electron chi connectivity index (χ3n) is 5.22. The summed E-state index contributed by atoms with van der Waals surface area (Å²) in [6.07, 6.45) is 0. The van der Waals surface area contributed by atoms with Gasteiger partial charge < -0.3 is 24.5 Å². The number of nitrogens with one attached hydrogen (secondary N) is 2. The largest absolute Gasteiger partial charge is 0.495 e. The van der Waals surface area contributed by atoms with Crippen LogP contribution in [-0.4, -0.2) is 31.5 Å². The Kier molecular flexibility index (Phi) is 6.77. The monoisotopic (exact) mass is 476 g/mol. The molecule has 0 spiro atoms. The van der Waals surface area contributed by atoms with E-state index in [1.807, 2.05) is 0 Å². The zero-order valence-electron chi connectivity index (χ0n) is 18.9. The van der Waals surface area contributed by atoms with Gasteiger partial charge in [0.15, 0.2) is 18.0 Å². The second kappa shape index (κ2) is 10.1. The van der Waals surface area contributed by atoms with Crippen molar-refractivity contribution in [2.75, 3.05) is 24.4 Å². The van der Waals surface area contributed by atoms with Crippen LogP contribution in [0.4, 0.5) is 15.8 Å². The van der Waals surface area contributed by atoms with Crippen molar-refractivity contribution in [3.05, 3.63) is 89.4 Å². The molecule has 0 unspecified atom stereocenters. The molecule has 8 nitrogen and oxygen atoms in total. The highest BCUT2D eigenvalue weighted by Crippen LogP contribution is 2.28. The molecule has 35 heavy (non-hydrogen) atoms. The summed E-state index contributed by atoms with van der Waals surface area (Å²) in [7, 11) is 1.51. The number of halogens is 1. The van der Waals surface area contributed by atoms with Gasteiger partial charge in [-0.2, -0.15) is 0 Å². The number of ether oxygens (including phenoxy) is 2. The summed E-state index contributed by atoms with van der Waals surface area (Å²) >= 11 is 0. The number of fused-ring (bicyclic) bond motifs is 1. The van der Waals surface area contributed by atoms with E-state index in [0.717, 1.165) is 0 Å². The number of aryl methyl sites for hydroxylation is 1. The Morgan fingerprint density at radius 2 is 1.69 bits per heavy atom. The number of methoxy groups -OCH3 is 1. The number of para-hydroxylation sites is 3. The molecule has 0 fully saturated rings. The SMILES string of the molecule is COc1ccccc1NC(=O)c1ccc(NC(=O)COC(=O)c2oc3c(F)cccc3c2C)cc1. The van der Waals surface area contributed by atoms with Crippen molar-refractivity contribution in [3.8, 4) is 5.75 Å². The first-order valence-electron chi connectivity index (χ1n) is 10.6. The van der Waals surface area contributed by atoms with Crippen molar-refractivity contribution in [2.45, 2.75) is 6.92 Å². The highest BCUT2D eigenvalue weighted by Gasteiger charge is 2.21. The molecule has 0 aliphatic heterocycles. The van der Waals surface area contributed by atoms with Crippen LogP contribution in [0.15, 0.2) is 71.1 Å². The van der Waals surface area contributed by atoms with Gasteiger partial charge in [0, 0.05) is 22.2 Å². The van der Waals surface area contributed by atoms with Crippen molar-refractivity contribution in [3.63, 3.8) is 0 Å². The van der Waals surface area contributed by atoms with Crippen LogP contribution in [0.2, 0.25) is 0 Å². The molecule has 0 saturated heterocycles. The smallest absolute Gasteiger partial charge is 0.375 e. The number of esters is 1. The molecule has 2 amide bonds. The average molecular weight is 476 g/mol. The second-order valence-electron chi connectivity index (χ2n) is 7.53. The minimum Gasteiger partial charge on any atom is -0.495 e. The van der Waals surface area contributed by atoms with E-state index in [2.05, 4.69) is 10.6 Å². The van der Waals surface area contributed by atoms with Crippen LogP contribution < -0.4 is 15.4 Å². The molecule has 2 N–H and O–H groups in total. The van der Waals surface area contributed by atoms with Crippen molar-refractivity contribution in [1.82, 2.24) is 0 Å². The molecule has 0 aliphatic carbocycles. The molecular formula is C26H21FN2O6. The van der Waals surface area contributed by atoms with Crippen LogP contribution in [-0.2, 0) is 9.53 Å². The van der Waals surface area contributed by atoms with Crippen LogP contribution in [0, 0.1) is 12.7 Å². The maximum Gasteiger partial charge on any atom is 0.375 e. The highest BCUT2D eigenvalue weighted by molar-refractivity contribution is 6.05. The third-order valence-corrected chi connectivity index (χ3v) is 5.22. The van der Waals surface area contributed by atoms with E-state index in [-0.39, 0.29) is 17.3 Å². The summed E-state index contributed by atoms with van der Waals surface area (Å²) in [6, 6.07) is 17.5. The summed E-state index contributed by atoms with van der Waals surface area (Å²) in [5, 5.41) is 5.79. The molecule has 1 aromatic heterocycles. The number of hydrogen-bond donors (Lipinski definition) is 2. The molecular weight excluding hydrogens is 455 g/mol. The standard InChI is InChI=1S/C26H21FN2O6/c1-15-18-6-5-7-19(27)24(18)35-23(15)26(32)34-14-22(30)28-17-12-10-16(11-13-17)25(31)29-20-8-3-4-9-21(20)33-2/h3-13H,14H2,1-2H3,(H,28,30)(H,29,31). The normalized spacial score (nSPS) is 10.6. The zero-order valence-corrected chi connectivity index (χ0v) is 18.9. The van der Waals surface area contributed by atoms with Crippen LogP contribution in [0.5, 0.6) is 5.75 Å². The number of amides is 2. The molecule has 0 bridgehead atoms. The van der Waals surface area contributed by atoms with Crippen LogP contribution in [0.25, 0.3) is 11.0 Å². The number of benzene rings is 3. The minimum absolute atomic E-state index is 0.0452. The number of furan rings is 1. The van der Waals surface area contributed by atoms with Gasteiger partial charge >= 0.3 is 5.97 Å². The summed E-state index contributed by atoms with van der Waals surface area (Å²) < 4.78 is 29.4. The number of carbonyl (C=O) groups is 3. The summed E-state index contributed by atoms with van der Waals surface area (Å²) in [6.45, 7) is 1.03. The predicted octanol–water partition coefficient (Wildman–Crippen LogP) is 4.94. The van der Waals surface area contributed by atoms with Crippen molar-refractivity contribution >= 4 is 40.1 Å². The van der Waals surface area contributed by atoms with E-state index in [0.29, 0.717) is 33.6 Å².